The largest absolute Gasteiger partial charge is 0.396 e. The number of aliphatic hydroxyl groups is 1. The summed E-state index contributed by atoms with van der Waals surface area (Å²) >= 11 is 0. The minimum Gasteiger partial charge on any atom is -0.396 e. The molecule has 1 N–H and O–H groups in total. The van der Waals surface area contributed by atoms with Gasteiger partial charge in [0.15, 0.2) is 0 Å². The Labute approximate surface area is 92.7 Å². The van der Waals surface area contributed by atoms with Crippen molar-refractivity contribution in [3.05, 3.63) is 0 Å². The Bertz CT molecular complexity index is 212. The molecule has 0 aromatic rings. The summed E-state index contributed by atoms with van der Waals surface area (Å²) in [5.74, 6) is 0.243. The molecule has 2 unspecified atom stereocenters. The second kappa shape index (κ2) is 6.81. The monoisotopic (exact) mass is 210 g/mol. The van der Waals surface area contributed by atoms with Crippen LogP contribution in [0.4, 0.5) is 0 Å². The van der Waals surface area contributed by atoms with Gasteiger partial charge in [0.1, 0.15) is 0 Å². The van der Waals surface area contributed by atoms with Crippen molar-refractivity contribution in [3.8, 4) is 6.07 Å². The maximum atomic E-state index is 8.99. The van der Waals surface area contributed by atoms with Gasteiger partial charge in [-0.1, -0.05) is 6.42 Å². The second-order valence-electron chi connectivity index (χ2n) is 4.50. The molecular formula is C12H22N2O. The summed E-state index contributed by atoms with van der Waals surface area (Å²) in [6.07, 6.45) is 6.57. The van der Waals surface area contributed by atoms with Gasteiger partial charge in [0, 0.05) is 12.6 Å². The van der Waals surface area contributed by atoms with Gasteiger partial charge in [-0.15, -0.1) is 0 Å². The Hall–Kier alpha value is -0.590. The molecule has 0 aromatic heterocycles. The lowest BCUT2D eigenvalue weighted by Gasteiger charge is -2.26. The van der Waals surface area contributed by atoms with Crippen LogP contribution < -0.4 is 0 Å². The first kappa shape index (κ1) is 12.5. The van der Waals surface area contributed by atoms with Crippen LogP contribution >= 0.6 is 0 Å². The van der Waals surface area contributed by atoms with Crippen LogP contribution in [0, 0.1) is 17.2 Å². The summed E-state index contributed by atoms with van der Waals surface area (Å²) in [7, 11) is 2.12. The van der Waals surface area contributed by atoms with Crippen LogP contribution in [0.3, 0.4) is 0 Å². The molecule has 1 aliphatic rings. The van der Waals surface area contributed by atoms with E-state index in [4.69, 9.17) is 10.4 Å². The van der Waals surface area contributed by atoms with Gasteiger partial charge in [0.05, 0.1) is 12.0 Å². The zero-order chi connectivity index (χ0) is 11.1. The highest BCUT2D eigenvalue weighted by Gasteiger charge is 2.29. The molecule has 0 bridgehead atoms. The van der Waals surface area contributed by atoms with E-state index in [-0.39, 0.29) is 5.92 Å². The summed E-state index contributed by atoms with van der Waals surface area (Å²) in [5, 5.41) is 17.7. The van der Waals surface area contributed by atoms with Crippen molar-refractivity contribution in [1.29, 1.82) is 5.26 Å². The number of aliphatic hydroxyl groups excluding tert-OH is 1. The Kier molecular flexibility index (Phi) is 5.67. The van der Waals surface area contributed by atoms with E-state index in [0.29, 0.717) is 12.6 Å². The first-order valence-corrected chi connectivity index (χ1v) is 6.00. The zero-order valence-electron chi connectivity index (χ0n) is 9.65. The average Bonchev–Trinajstić information content (AvgIpc) is 2.72. The third-order valence-electron chi connectivity index (χ3n) is 3.38. The van der Waals surface area contributed by atoms with Gasteiger partial charge >= 0.3 is 0 Å². The molecule has 0 heterocycles. The van der Waals surface area contributed by atoms with Crippen LogP contribution in [0.5, 0.6) is 0 Å². The summed E-state index contributed by atoms with van der Waals surface area (Å²) < 4.78 is 0. The fraction of sp³-hybridized carbons (Fsp3) is 0.917. The fourth-order valence-electron chi connectivity index (χ4n) is 2.43. The second-order valence-corrected chi connectivity index (χ2v) is 4.50. The highest BCUT2D eigenvalue weighted by molar-refractivity contribution is 4.96. The van der Waals surface area contributed by atoms with Crippen LogP contribution in [-0.4, -0.2) is 36.2 Å². The first-order chi connectivity index (χ1) is 7.29. The van der Waals surface area contributed by atoms with E-state index < -0.39 is 0 Å². The van der Waals surface area contributed by atoms with Gasteiger partial charge in [-0.25, -0.2) is 0 Å². The van der Waals surface area contributed by atoms with Gasteiger partial charge in [0.25, 0.3) is 0 Å². The lowest BCUT2D eigenvalue weighted by molar-refractivity contribution is 0.212. The molecule has 15 heavy (non-hydrogen) atoms. The molecule has 86 valence electrons. The molecule has 1 aliphatic carbocycles. The van der Waals surface area contributed by atoms with Crippen molar-refractivity contribution in [1.82, 2.24) is 4.90 Å². The standard InChI is InChI=1S/C12H22N2O/c1-14(8-3-2-4-9-15)12-7-5-6-11(12)10-13/h11-12,15H,2-9H2,1H3. The van der Waals surface area contributed by atoms with Crippen molar-refractivity contribution in [2.45, 2.75) is 44.6 Å². The van der Waals surface area contributed by atoms with E-state index in [2.05, 4.69) is 18.0 Å². The lowest BCUT2D eigenvalue weighted by Crippen LogP contribution is -2.34. The van der Waals surface area contributed by atoms with Crippen LogP contribution in [0.1, 0.15) is 38.5 Å². The van der Waals surface area contributed by atoms with E-state index >= 15 is 0 Å². The molecule has 0 saturated heterocycles. The number of hydrogen-bond acceptors (Lipinski definition) is 3. The molecule has 1 saturated carbocycles. The van der Waals surface area contributed by atoms with E-state index in [0.717, 1.165) is 32.2 Å². The van der Waals surface area contributed by atoms with Crippen molar-refractivity contribution in [3.63, 3.8) is 0 Å². The van der Waals surface area contributed by atoms with E-state index in [1.807, 2.05) is 0 Å². The molecule has 0 radical (unpaired) electrons. The summed E-state index contributed by atoms with van der Waals surface area (Å²) in [6.45, 7) is 1.36. The summed E-state index contributed by atoms with van der Waals surface area (Å²) in [4.78, 5) is 2.33. The molecule has 0 aliphatic heterocycles. The summed E-state index contributed by atoms with van der Waals surface area (Å²) in [6, 6.07) is 2.89. The van der Waals surface area contributed by atoms with Gasteiger partial charge in [-0.2, -0.15) is 5.26 Å². The SMILES string of the molecule is CN(CCCCCO)C1CCCC1C#N. The Morgan fingerprint density at radius 2 is 2.13 bits per heavy atom. The molecule has 0 aromatic carbocycles. The summed E-state index contributed by atoms with van der Waals surface area (Å²) in [5.41, 5.74) is 0. The highest BCUT2D eigenvalue weighted by atomic mass is 16.2. The minimum absolute atomic E-state index is 0.243. The van der Waals surface area contributed by atoms with Gasteiger partial charge in [-0.3, -0.25) is 0 Å². The first-order valence-electron chi connectivity index (χ1n) is 6.00. The van der Waals surface area contributed by atoms with Gasteiger partial charge in [-0.05, 0) is 45.7 Å². The smallest absolute Gasteiger partial charge is 0.0672 e. The van der Waals surface area contributed by atoms with Crippen molar-refractivity contribution < 1.29 is 5.11 Å². The molecule has 0 spiro atoms. The maximum Gasteiger partial charge on any atom is 0.0672 e. The molecule has 1 rings (SSSR count). The lowest BCUT2D eigenvalue weighted by atomic mass is 10.0. The number of nitrogens with zero attached hydrogens (tertiary/aromatic N) is 2. The number of rotatable bonds is 6. The normalized spacial score (nSPS) is 25.7. The molecular weight excluding hydrogens is 188 g/mol. The molecule has 0 amide bonds. The van der Waals surface area contributed by atoms with Crippen LogP contribution in [0.15, 0.2) is 0 Å². The van der Waals surface area contributed by atoms with Crippen LogP contribution in [-0.2, 0) is 0 Å². The minimum atomic E-state index is 0.243. The number of hydrogen-bond donors (Lipinski definition) is 1. The van der Waals surface area contributed by atoms with E-state index in [1.54, 1.807) is 0 Å². The van der Waals surface area contributed by atoms with Crippen molar-refractivity contribution in [2.75, 3.05) is 20.2 Å². The molecule has 3 nitrogen and oxygen atoms in total. The van der Waals surface area contributed by atoms with E-state index in [9.17, 15) is 0 Å². The quantitative estimate of drug-likeness (QED) is 0.680. The topological polar surface area (TPSA) is 47.3 Å². The number of nitriles is 1. The predicted octanol–water partition coefficient (Wildman–Crippen LogP) is 1.77. The van der Waals surface area contributed by atoms with Crippen molar-refractivity contribution >= 4 is 0 Å². The zero-order valence-corrected chi connectivity index (χ0v) is 9.65. The van der Waals surface area contributed by atoms with Crippen LogP contribution in [0.25, 0.3) is 0 Å². The van der Waals surface area contributed by atoms with E-state index in [1.165, 1.54) is 12.8 Å². The third-order valence-corrected chi connectivity index (χ3v) is 3.38. The third kappa shape index (κ3) is 3.81. The predicted molar refractivity (Wildman–Crippen MR) is 60.3 cm³/mol. The van der Waals surface area contributed by atoms with Crippen molar-refractivity contribution in [2.24, 2.45) is 5.92 Å². The van der Waals surface area contributed by atoms with Gasteiger partial charge in [0.2, 0.25) is 0 Å². The van der Waals surface area contributed by atoms with Gasteiger partial charge < -0.3 is 10.0 Å². The van der Waals surface area contributed by atoms with Crippen LogP contribution in [0.2, 0.25) is 0 Å². The Balaban J connectivity index is 2.21. The molecule has 2 atom stereocenters. The number of unbranched alkanes of at least 4 members (excludes halogenated alkanes) is 2. The molecule has 1 fully saturated rings. The average molecular weight is 210 g/mol. The Morgan fingerprint density at radius 3 is 2.80 bits per heavy atom. The Morgan fingerprint density at radius 1 is 1.33 bits per heavy atom. The highest BCUT2D eigenvalue weighted by Crippen LogP contribution is 2.28. The molecule has 3 heteroatoms. The fourth-order valence-corrected chi connectivity index (χ4v) is 2.43. The maximum absolute atomic E-state index is 8.99.